The fraction of sp³-hybridized carbons (Fsp3) is 1.00. The van der Waals surface area contributed by atoms with Crippen LogP contribution in [0.1, 0.15) is 34.1 Å². The van der Waals surface area contributed by atoms with E-state index in [4.69, 9.17) is 4.84 Å². The Balaban J connectivity index is 2.18. The normalized spacial score (nSPS) is 26.8. The second kappa shape index (κ2) is 5.38. The number of nitrogens with one attached hydrogen (secondary N) is 1. The molecule has 1 aliphatic rings. The Kier molecular flexibility index (Phi) is 4.74. The summed E-state index contributed by atoms with van der Waals surface area (Å²) >= 11 is 2.03. The molecule has 1 N–H and O–H groups in total. The number of hydrogen-bond acceptors (Lipinski definition) is 3. The average Bonchev–Trinajstić information content (AvgIpc) is 2.01. The highest BCUT2D eigenvalue weighted by Gasteiger charge is 2.28. The summed E-state index contributed by atoms with van der Waals surface area (Å²) in [5.41, 5.74) is 3.65. The van der Waals surface area contributed by atoms with E-state index < -0.39 is 0 Å². The van der Waals surface area contributed by atoms with Crippen molar-refractivity contribution in [2.75, 3.05) is 18.1 Å². The molecule has 0 bridgehead atoms. The van der Waals surface area contributed by atoms with Crippen molar-refractivity contribution >= 4 is 11.8 Å². The van der Waals surface area contributed by atoms with Crippen LogP contribution < -0.4 is 5.48 Å². The maximum Gasteiger partial charge on any atom is 0.0705 e. The van der Waals surface area contributed by atoms with E-state index in [9.17, 15) is 0 Å². The van der Waals surface area contributed by atoms with Gasteiger partial charge >= 0.3 is 0 Å². The Morgan fingerprint density at radius 2 is 2.21 bits per heavy atom. The average molecular weight is 217 g/mol. The van der Waals surface area contributed by atoms with Crippen LogP contribution in [0.25, 0.3) is 0 Å². The molecule has 1 unspecified atom stereocenters. The highest BCUT2D eigenvalue weighted by molar-refractivity contribution is 7.99. The van der Waals surface area contributed by atoms with Gasteiger partial charge in [0.25, 0.3) is 0 Å². The predicted molar refractivity (Wildman–Crippen MR) is 63.4 cm³/mol. The van der Waals surface area contributed by atoms with Crippen molar-refractivity contribution in [3.05, 3.63) is 0 Å². The Labute approximate surface area is 92.1 Å². The van der Waals surface area contributed by atoms with Gasteiger partial charge in [-0.05, 0) is 23.5 Å². The summed E-state index contributed by atoms with van der Waals surface area (Å²) < 4.78 is 0. The molecule has 0 aromatic carbocycles. The van der Waals surface area contributed by atoms with E-state index in [0.29, 0.717) is 17.4 Å². The van der Waals surface area contributed by atoms with Crippen molar-refractivity contribution in [3.63, 3.8) is 0 Å². The predicted octanol–water partition coefficient (Wildman–Crippen LogP) is 2.70. The highest BCUT2D eigenvalue weighted by Crippen LogP contribution is 2.33. The third kappa shape index (κ3) is 4.67. The van der Waals surface area contributed by atoms with Crippen LogP contribution in [0.2, 0.25) is 0 Å². The number of rotatable bonds is 4. The summed E-state index contributed by atoms with van der Waals surface area (Å²) in [6, 6.07) is 0.530. The SMILES string of the molecule is CC(C)CONC1CSCC(C)(C)C1. The maximum absolute atomic E-state index is 5.46. The lowest BCUT2D eigenvalue weighted by Gasteiger charge is -2.34. The van der Waals surface area contributed by atoms with Gasteiger partial charge in [0.2, 0.25) is 0 Å². The fourth-order valence-electron chi connectivity index (χ4n) is 1.67. The van der Waals surface area contributed by atoms with Crippen molar-refractivity contribution in [3.8, 4) is 0 Å². The minimum Gasteiger partial charge on any atom is -0.301 e. The molecule has 0 saturated carbocycles. The van der Waals surface area contributed by atoms with Crippen LogP contribution in [0.4, 0.5) is 0 Å². The van der Waals surface area contributed by atoms with Gasteiger partial charge in [-0.15, -0.1) is 0 Å². The van der Waals surface area contributed by atoms with Crippen LogP contribution in [0.3, 0.4) is 0 Å². The molecule has 1 saturated heterocycles. The molecule has 3 heteroatoms. The summed E-state index contributed by atoms with van der Waals surface area (Å²) in [5, 5.41) is 0. The molecule has 2 nitrogen and oxygen atoms in total. The third-order valence-electron chi connectivity index (χ3n) is 2.28. The van der Waals surface area contributed by atoms with Crippen LogP contribution in [0.5, 0.6) is 0 Å². The van der Waals surface area contributed by atoms with Crippen LogP contribution in [0.15, 0.2) is 0 Å². The lowest BCUT2D eigenvalue weighted by atomic mass is 9.88. The Hall–Kier alpha value is 0.270. The van der Waals surface area contributed by atoms with Gasteiger partial charge in [-0.25, -0.2) is 0 Å². The van der Waals surface area contributed by atoms with Gasteiger partial charge in [0, 0.05) is 11.8 Å². The summed E-state index contributed by atoms with van der Waals surface area (Å²) in [6.45, 7) is 9.80. The molecule has 0 aliphatic carbocycles. The van der Waals surface area contributed by atoms with Gasteiger partial charge < -0.3 is 4.84 Å². The standard InChI is InChI=1S/C11H23NOS/c1-9(2)6-13-12-10-5-11(3,4)8-14-7-10/h9-10,12H,5-8H2,1-4H3. The largest absolute Gasteiger partial charge is 0.301 e. The Morgan fingerprint density at radius 1 is 1.50 bits per heavy atom. The molecule has 0 radical (unpaired) electrons. The molecule has 0 aromatic heterocycles. The van der Waals surface area contributed by atoms with Crippen molar-refractivity contribution in [2.45, 2.75) is 40.2 Å². The van der Waals surface area contributed by atoms with E-state index in [2.05, 4.69) is 33.2 Å². The molecule has 1 aliphatic heterocycles. The molecular weight excluding hydrogens is 194 g/mol. The molecule has 14 heavy (non-hydrogen) atoms. The summed E-state index contributed by atoms with van der Waals surface area (Å²) in [7, 11) is 0. The van der Waals surface area contributed by atoms with Crippen LogP contribution in [-0.4, -0.2) is 24.2 Å². The highest BCUT2D eigenvalue weighted by atomic mass is 32.2. The first kappa shape index (κ1) is 12.3. The fourth-order valence-corrected chi connectivity index (χ4v) is 2.93. The minimum atomic E-state index is 0.460. The van der Waals surface area contributed by atoms with Gasteiger partial charge in [0.05, 0.1) is 6.61 Å². The van der Waals surface area contributed by atoms with Gasteiger partial charge in [0.1, 0.15) is 0 Å². The molecular formula is C11H23NOS. The molecule has 1 heterocycles. The lowest BCUT2D eigenvalue weighted by molar-refractivity contribution is -0.00300. The van der Waals surface area contributed by atoms with Crippen molar-refractivity contribution in [1.82, 2.24) is 5.48 Å². The van der Waals surface area contributed by atoms with E-state index >= 15 is 0 Å². The van der Waals surface area contributed by atoms with E-state index in [0.717, 1.165) is 6.61 Å². The third-order valence-corrected chi connectivity index (χ3v) is 3.90. The monoisotopic (exact) mass is 217 g/mol. The van der Waals surface area contributed by atoms with Gasteiger partial charge in [-0.1, -0.05) is 27.7 Å². The lowest BCUT2D eigenvalue weighted by Crippen LogP contribution is -2.40. The van der Waals surface area contributed by atoms with Gasteiger partial charge in [-0.3, -0.25) is 0 Å². The number of hydroxylamine groups is 1. The van der Waals surface area contributed by atoms with Crippen molar-refractivity contribution < 1.29 is 4.84 Å². The molecule has 0 amide bonds. The van der Waals surface area contributed by atoms with Crippen LogP contribution in [0, 0.1) is 11.3 Å². The first-order chi connectivity index (χ1) is 6.49. The van der Waals surface area contributed by atoms with Crippen LogP contribution in [-0.2, 0) is 4.84 Å². The van der Waals surface area contributed by atoms with E-state index in [1.165, 1.54) is 17.9 Å². The van der Waals surface area contributed by atoms with Gasteiger partial charge in [0.15, 0.2) is 0 Å². The Bertz CT molecular complexity index is 171. The molecule has 0 aromatic rings. The zero-order valence-corrected chi connectivity index (χ0v) is 10.6. The number of thioether (sulfide) groups is 1. The molecule has 1 fully saturated rings. The van der Waals surface area contributed by atoms with E-state index in [-0.39, 0.29) is 0 Å². The van der Waals surface area contributed by atoms with E-state index in [1.54, 1.807) is 0 Å². The summed E-state index contributed by atoms with van der Waals surface area (Å²) in [6.07, 6.45) is 1.22. The van der Waals surface area contributed by atoms with Crippen molar-refractivity contribution in [1.29, 1.82) is 0 Å². The van der Waals surface area contributed by atoms with Gasteiger partial charge in [-0.2, -0.15) is 17.2 Å². The number of hydrogen-bond donors (Lipinski definition) is 1. The van der Waals surface area contributed by atoms with E-state index in [1.807, 2.05) is 11.8 Å². The quantitative estimate of drug-likeness (QED) is 0.732. The minimum absolute atomic E-state index is 0.460. The zero-order chi connectivity index (χ0) is 10.6. The second-order valence-corrected chi connectivity index (χ2v) is 6.43. The Morgan fingerprint density at radius 3 is 2.79 bits per heavy atom. The molecule has 1 atom stereocenters. The summed E-state index contributed by atoms with van der Waals surface area (Å²) in [4.78, 5) is 5.46. The maximum atomic E-state index is 5.46. The first-order valence-corrected chi connectivity index (χ1v) is 6.60. The topological polar surface area (TPSA) is 21.3 Å². The first-order valence-electron chi connectivity index (χ1n) is 5.45. The molecule has 1 rings (SSSR count). The second-order valence-electron chi connectivity index (χ2n) is 5.40. The molecule has 84 valence electrons. The smallest absolute Gasteiger partial charge is 0.0705 e. The van der Waals surface area contributed by atoms with Crippen LogP contribution >= 0.6 is 11.8 Å². The summed E-state index contributed by atoms with van der Waals surface area (Å²) in [5.74, 6) is 3.06. The molecule has 0 spiro atoms. The zero-order valence-electron chi connectivity index (χ0n) is 9.80. The van der Waals surface area contributed by atoms with Crippen molar-refractivity contribution in [2.24, 2.45) is 11.3 Å².